The first-order valence-electron chi connectivity index (χ1n) is 11.8. The van der Waals surface area contributed by atoms with Gasteiger partial charge in [0.2, 0.25) is 5.91 Å². The van der Waals surface area contributed by atoms with Crippen LogP contribution in [0.25, 0.3) is 16.6 Å². The van der Waals surface area contributed by atoms with E-state index in [-0.39, 0.29) is 30.7 Å². The van der Waals surface area contributed by atoms with Crippen molar-refractivity contribution in [2.24, 2.45) is 0 Å². The largest absolute Gasteiger partial charge is 0.464 e. The maximum atomic E-state index is 13.5. The third kappa shape index (κ3) is 5.88. The molecule has 2 heterocycles. The molecule has 0 radical (unpaired) electrons. The molecule has 0 aliphatic heterocycles. The average Bonchev–Trinajstić information content (AvgIpc) is 3.47. The number of esters is 2. The van der Waals surface area contributed by atoms with Crippen LogP contribution in [0.3, 0.4) is 0 Å². The zero-order valence-corrected chi connectivity index (χ0v) is 21.0. The number of nitrogens with one attached hydrogen (secondary N) is 3. The van der Waals surface area contributed by atoms with Crippen molar-refractivity contribution >= 4 is 28.7 Å². The number of nitriles is 1. The maximum Gasteiger partial charge on any atom is 0.356 e. The fourth-order valence-corrected chi connectivity index (χ4v) is 4.18. The quantitative estimate of drug-likeness (QED) is 0.278. The molecule has 0 saturated heterocycles. The fourth-order valence-electron chi connectivity index (χ4n) is 4.18. The molecular formula is C27H24FN5O6. The van der Waals surface area contributed by atoms with E-state index < -0.39 is 35.3 Å². The average molecular weight is 534 g/mol. The van der Waals surface area contributed by atoms with Crippen molar-refractivity contribution in [1.82, 2.24) is 20.1 Å². The Bertz CT molecular complexity index is 1640. The number of amides is 1. The van der Waals surface area contributed by atoms with Crippen molar-refractivity contribution in [2.45, 2.75) is 25.8 Å². The van der Waals surface area contributed by atoms with Crippen molar-refractivity contribution in [3.8, 4) is 11.8 Å². The number of aromatic amines is 2. The first kappa shape index (κ1) is 26.9. The minimum atomic E-state index is -1.05. The standard InChI is InChI=1S/C27H24FN5O6/c1-15(34)31-23(11-17-14-30-22-12-18(28)5-8-20(17)22)26(36)39-10-9-21-24(27(37)38-2)32-33(25(21)35)19-6-3-16(13-29)4-7-19/h3-8,12,14,23,30,32H,9-11H2,1-2H3,(H,31,34). The smallest absolute Gasteiger partial charge is 0.356 e. The highest BCUT2D eigenvalue weighted by Crippen LogP contribution is 2.21. The summed E-state index contributed by atoms with van der Waals surface area (Å²) < 4.78 is 24.8. The molecule has 200 valence electrons. The maximum absolute atomic E-state index is 13.5. The molecule has 0 saturated carbocycles. The molecule has 0 aliphatic carbocycles. The van der Waals surface area contributed by atoms with E-state index >= 15 is 0 Å². The van der Waals surface area contributed by atoms with E-state index in [0.717, 1.165) is 4.68 Å². The number of nitrogens with zero attached hydrogens (tertiary/aromatic N) is 2. The molecule has 1 atom stereocenters. The van der Waals surface area contributed by atoms with Crippen LogP contribution in [0.15, 0.2) is 53.5 Å². The van der Waals surface area contributed by atoms with Crippen molar-refractivity contribution in [3.05, 3.63) is 87.2 Å². The summed E-state index contributed by atoms with van der Waals surface area (Å²) in [6.07, 6.45) is 1.58. The second-order valence-corrected chi connectivity index (χ2v) is 8.63. The molecule has 2 aromatic heterocycles. The van der Waals surface area contributed by atoms with Gasteiger partial charge in [0.1, 0.15) is 17.6 Å². The Morgan fingerprint density at radius 2 is 1.92 bits per heavy atom. The lowest BCUT2D eigenvalue weighted by Gasteiger charge is -2.16. The number of H-pyrrole nitrogens is 2. The van der Waals surface area contributed by atoms with Crippen LogP contribution in [0.4, 0.5) is 4.39 Å². The van der Waals surface area contributed by atoms with Crippen LogP contribution in [0.5, 0.6) is 0 Å². The molecule has 0 spiro atoms. The third-order valence-electron chi connectivity index (χ3n) is 6.04. The molecule has 11 nitrogen and oxygen atoms in total. The molecule has 3 N–H and O–H groups in total. The summed E-state index contributed by atoms with van der Waals surface area (Å²) in [5, 5.41) is 15.0. The van der Waals surface area contributed by atoms with Crippen molar-refractivity contribution < 1.29 is 28.2 Å². The Morgan fingerprint density at radius 1 is 1.18 bits per heavy atom. The van der Waals surface area contributed by atoms with Gasteiger partial charge in [-0.3, -0.25) is 14.7 Å². The number of benzene rings is 2. The lowest BCUT2D eigenvalue weighted by Crippen LogP contribution is -2.42. The zero-order chi connectivity index (χ0) is 28.1. The highest BCUT2D eigenvalue weighted by Gasteiger charge is 2.25. The second kappa shape index (κ2) is 11.5. The summed E-state index contributed by atoms with van der Waals surface area (Å²) in [7, 11) is 1.17. The normalized spacial score (nSPS) is 11.5. The van der Waals surface area contributed by atoms with E-state index in [2.05, 4.69) is 15.4 Å². The fraction of sp³-hybridized carbons (Fsp3) is 0.222. The molecule has 0 fully saturated rings. The predicted molar refractivity (Wildman–Crippen MR) is 137 cm³/mol. The monoisotopic (exact) mass is 533 g/mol. The number of hydrogen-bond donors (Lipinski definition) is 3. The van der Waals surface area contributed by atoms with Gasteiger partial charge in [-0.2, -0.15) is 5.26 Å². The van der Waals surface area contributed by atoms with Gasteiger partial charge in [0.15, 0.2) is 0 Å². The number of aromatic nitrogens is 3. The number of carbonyl (C=O) groups excluding carboxylic acids is 3. The van der Waals surface area contributed by atoms with E-state index in [4.69, 9.17) is 14.7 Å². The van der Waals surface area contributed by atoms with Crippen LogP contribution >= 0.6 is 0 Å². The van der Waals surface area contributed by atoms with Crippen LogP contribution in [0.1, 0.15) is 34.1 Å². The SMILES string of the molecule is COC(=O)c1[nH]n(-c2ccc(C#N)cc2)c(=O)c1CCOC(=O)C(Cc1c[nH]c2cc(F)ccc12)NC(C)=O. The summed E-state index contributed by atoms with van der Waals surface area (Å²) >= 11 is 0. The minimum absolute atomic E-state index is 0.0359. The Morgan fingerprint density at radius 3 is 2.59 bits per heavy atom. The van der Waals surface area contributed by atoms with Crippen molar-refractivity contribution in [2.75, 3.05) is 13.7 Å². The lowest BCUT2D eigenvalue weighted by atomic mass is 10.0. The highest BCUT2D eigenvalue weighted by molar-refractivity contribution is 5.89. The minimum Gasteiger partial charge on any atom is -0.464 e. The summed E-state index contributed by atoms with van der Waals surface area (Å²) in [6, 6.07) is 11.3. The van der Waals surface area contributed by atoms with E-state index in [1.807, 2.05) is 6.07 Å². The number of fused-ring (bicyclic) bond motifs is 1. The Labute approximate surface area is 221 Å². The van der Waals surface area contributed by atoms with Crippen LogP contribution in [-0.2, 0) is 31.9 Å². The summed E-state index contributed by atoms with van der Waals surface area (Å²) in [5.41, 5.74) is 1.37. The van der Waals surface area contributed by atoms with Crippen LogP contribution in [0.2, 0.25) is 0 Å². The molecule has 0 aliphatic rings. The number of methoxy groups -OCH3 is 1. The van der Waals surface area contributed by atoms with Gasteiger partial charge in [0.05, 0.1) is 36.6 Å². The van der Waals surface area contributed by atoms with Gasteiger partial charge in [-0.15, -0.1) is 0 Å². The van der Waals surface area contributed by atoms with Crippen molar-refractivity contribution in [1.29, 1.82) is 5.26 Å². The molecule has 0 bridgehead atoms. The topological polar surface area (TPSA) is 159 Å². The van der Waals surface area contributed by atoms with E-state index in [9.17, 15) is 23.6 Å². The van der Waals surface area contributed by atoms with Crippen LogP contribution in [-0.4, -0.2) is 52.4 Å². The Balaban J connectivity index is 1.51. The number of rotatable bonds is 9. The lowest BCUT2D eigenvalue weighted by molar-refractivity contribution is -0.147. The molecular weight excluding hydrogens is 509 g/mol. The first-order valence-corrected chi connectivity index (χ1v) is 11.8. The van der Waals surface area contributed by atoms with E-state index in [1.54, 1.807) is 24.4 Å². The summed E-state index contributed by atoms with van der Waals surface area (Å²) in [4.78, 5) is 53.1. The summed E-state index contributed by atoms with van der Waals surface area (Å²) in [6.45, 7) is 0.997. The number of ether oxygens (including phenoxy) is 2. The van der Waals surface area contributed by atoms with Gasteiger partial charge in [0.25, 0.3) is 5.56 Å². The van der Waals surface area contributed by atoms with Crippen molar-refractivity contribution in [3.63, 3.8) is 0 Å². The molecule has 1 amide bonds. The molecule has 39 heavy (non-hydrogen) atoms. The van der Waals surface area contributed by atoms with Crippen LogP contribution in [0, 0.1) is 17.1 Å². The van der Waals surface area contributed by atoms with Gasteiger partial charge in [-0.05, 0) is 48.0 Å². The van der Waals surface area contributed by atoms with Gasteiger partial charge < -0.3 is 19.8 Å². The van der Waals surface area contributed by atoms with Gasteiger partial charge in [-0.1, -0.05) is 0 Å². The Kier molecular flexibility index (Phi) is 7.90. The molecule has 4 aromatic rings. The summed E-state index contributed by atoms with van der Waals surface area (Å²) in [5.74, 6) is -2.40. The van der Waals surface area contributed by atoms with E-state index in [0.29, 0.717) is 27.7 Å². The highest BCUT2D eigenvalue weighted by atomic mass is 19.1. The molecule has 1 unspecified atom stereocenters. The molecule has 12 heteroatoms. The van der Waals surface area contributed by atoms with E-state index in [1.165, 1.54) is 38.3 Å². The first-order chi connectivity index (χ1) is 18.7. The number of halogens is 1. The Hall–Kier alpha value is -5.18. The number of carbonyl (C=O) groups is 3. The van der Waals surface area contributed by atoms with Gasteiger partial charge in [-0.25, -0.2) is 18.7 Å². The van der Waals surface area contributed by atoms with Gasteiger partial charge in [0, 0.05) is 36.9 Å². The zero-order valence-electron chi connectivity index (χ0n) is 21.0. The molecule has 4 rings (SSSR count). The predicted octanol–water partition coefficient (Wildman–Crippen LogP) is 2.28. The van der Waals surface area contributed by atoms with Crippen LogP contribution < -0.4 is 10.9 Å². The number of hydrogen-bond acceptors (Lipinski definition) is 7. The second-order valence-electron chi connectivity index (χ2n) is 8.63. The van der Waals surface area contributed by atoms with Gasteiger partial charge >= 0.3 is 11.9 Å². The third-order valence-corrected chi connectivity index (χ3v) is 6.04. The molecule has 2 aromatic carbocycles.